The highest BCUT2D eigenvalue weighted by Crippen LogP contribution is 2.31. The average Bonchev–Trinajstić information content (AvgIpc) is 2.58. The molecule has 0 aliphatic rings. The molecular weight excluding hydrogens is 440 g/mol. The summed E-state index contributed by atoms with van der Waals surface area (Å²) in [6.07, 6.45) is -9.41. The van der Waals surface area contributed by atoms with Crippen molar-refractivity contribution in [3.8, 4) is 11.5 Å². The predicted molar refractivity (Wildman–Crippen MR) is 96.3 cm³/mol. The lowest BCUT2D eigenvalue weighted by Crippen LogP contribution is -2.20. The van der Waals surface area contributed by atoms with Crippen LogP contribution < -0.4 is 14.2 Å². The average molecular weight is 457 g/mol. The van der Waals surface area contributed by atoms with Gasteiger partial charge in [0.25, 0.3) is 10.0 Å². The number of alkyl halides is 6. The van der Waals surface area contributed by atoms with E-state index in [1.54, 1.807) is 19.1 Å². The van der Waals surface area contributed by atoms with E-state index in [1.807, 2.05) is 0 Å². The molecule has 0 spiro atoms. The third kappa shape index (κ3) is 7.32. The quantitative estimate of drug-likeness (QED) is 0.596. The van der Waals surface area contributed by atoms with Crippen LogP contribution in [0.2, 0.25) is 0 Å². The molecule has 12 heteroatoms. The van der Waals surface area contributed by atoms with Gasteiger partial charge in [0, 0.05) is 18.2 Å². The van der Waals surface area contributed by atoms with E-state index in [-0.39, 0.29) is 10.6 Å². The minimum Gasteiger partial charge on any atom is -0.484 e. The molecule has 0 amide bonds. The zero-order valence-corrected chi connectivity index (χ0v) is 16.5. The van der Waals surface area contributed by atoms with Gasteiger partial charge in [0.05, 0.1) is 10.6 Å². The summed E-state index contributed by atoms with van der Waals surface area (Å²) in [5.41, 5.74) is 0.705. The van der Waals surface area contributed by atoms with E-state index in [0.717, 1.165) is 18.2 Å². The molecule has 0 unspecified atom stereocenters. The van der Waals surface area contributed by atoms with Crippen LogP contribution in [-0.2, 0) is 10.0 Å². The first-order valence-electron chi connectivity index (χ1n) is 8.29. The van der Waals surface area contributed by atoms with Gasteiger partial charge < -0.3 is 9.47 Å². The monoisotopic (exact) mass is 457 g/mol. The fourth-order valence-electron chi connectivity index (χ4n) is 2.33. The number of sulfonamides is 1. The third-order valence-corrected chi connectivity index (χ3v) is 5.09. The summed E-state index contributed by atoms with van der Waals surface area (Å²) >= 11 is 0. The van der Waals surface area contributed by atoms with E-state index < -0.39 is 47.1 Å². The summed E-state index contributed by atoms with van der Waals surface area (Å²) in [6.45, 7) is -0.250. The van der Waals surface area contributed by atoms with Crippen molar-refractivity contribution in [3.05, 3.63) is 47.5 Å². The largest absolute Gasteiger partial charge is 0.484 e. The zero-order valence-electron chi connectivity index (χ0n) is 15.7. The molecule has 0 aliphatic carbocycles. The summed E-state index contributed by atoms with van der Waals surface area (Å²) in [6, 6.07) is 7.24. The van der Waals surface area contributed by atoms with Crippen LogP contribution in [0, 0.1) is 13.8 Å². The van der Waals surface area contributed by atoms with Gasteiger partial charge >= 0.3 is 12.4 Å². The second-order valence-electron chi connectivity index (χ2n) is 6.38. The fourth-order valence-corrected chi connectivity index (χ4v) is 3.71. The number of nitrogens with one attached hydrogen (secondary N) is 1. The van der Waals surface area contributed by atoms with Crippen LogP contribution in [-0.4, -0.2) is 34.0 Å². The molecule has 0 fully saturated rings. The van der Waals surface area contributed by atoms with Gasteiger partial charge in [-0.15, -0.1) is 0 Å². The predicted octanol–water partition coefficient (Wildman–Crippen LogP) is 4.99. The molecule has 5 nitrogen and oxygen atoms in total. The van der Waals surface area contributed by atoms with Crippen LogP contribution in [0.15, 0.2) is 41.3 Å². The van der Waals surface area contributed by atoms with Crippen LogP contribution in [0.1, 0.15) is 11.1 Å². The first-order valence-corrected chi connectivity index (χ1v) is 9.77. The Labute approximate surface area is 168 Å². The van der Waals surface area contributed by atoms with Crippen molar-refractivity contribution in [2.45, 2.75) is 31.1 Å². The van der Waals surface area contributed by atoms with E-state index in [2.05, 4.69) is 14.2 Å². The molecule has 2 aromatic rings. The van der Waals surface area contributed by atoms with Gasteiger partial charge in [0.15, 0.2) is 13.2 Å². The van der Waals surface area contributed by atoms with Gasteiger partial charge in [-0.05, 0) is 31.0 Å². The van der Waals surface area contributed by atoms with Crippen LogP contribution >= 0.6 is 0 Å². The lowest BCUT2D eigenvalue weighted by molar-refractivity contribution is -0.153. The maximum absolute atomic E-state index is 12.7. The Morgan fingerprint density at radius 1 is 0.833 bits per heavy atom. The Balaban J connectivity index is 2.37. The molecule has 2 rings (SSSR count). The zero-order chi connectivity index (χ0) is 22.7. The molecule has 0 atom stereocenters. The van der Waals surface area contributed by atoms with E-state index in [1.165, 1.54) is 13.0 Å². The first kappa shape index (κ1) is 23.6. The SMILES string of the molecule is Cc1ccc(C)c(S(=O)(=O)Nc2cc(OCC(F)(F)F)cc(OCC(F)(F)F)c2)c1. The smallest absolute Gasteiger partial charge is 0.422 e. The van der Waals surface area contributed by atoms with E-state index in [4.69, 9.17) is 0 Å². The van der Waals surface area contributed by atoms with Crippen LogP contribution in [0.4, 0.5) is 32.0 Å². The van der Waals surface area contributed by atoms with Crippen molar-refractivity contribution in [3.63, 3.8) is 0 Å². The van der Waals surface area contributed by atoms with Gasteiger partial charge in [-0.1, -0.05) is 12.1 Å². The Bertz CT molecular complexity index is 966. The normalized spacial score (nSPS) is 12.5. The number of rotatable bonds is 7. The molecule has 0 aromatic heterocycles. The number of halogens is 6. The van der Waals surface area contributed by atoms with Crippen molar-refractivity contribution < 1.29 is 44.2 Å². The first-order chi connectivity index (χ1) is 13.6. The summed E-state index contributed by atoms with van der Waals surface area (Å²) in [7, 11) is -4.19. The molecule has 1 N–H and O–H groups in total. The number of aryl methyl sites for hydroxylation is 2. The van der Waals surface area contributed by atoms with Crippen molar-refractivity contribution >= 4 is 15.7 Å². The number of benzene rings is 2. The van der Waals surface area contributed by atoms with E-state index in [9.17, 15) is 34.8 Å². The highest BCUT2D eigenvalue weighted by atomic mass is 32.2. The maximum Gasteiger partial charge on any atom is 0.422 e. The minimum absolute atomic E-state index is 0.0955. The standard InChI is InChI=1S/C18H17F6NO4S/c1-11-3-4-12(2)16(5-11)30(26,27)25-13-6-14(28-9-17(19,20)21)8-15(7-13)29-10-18(22,23)24/h3-8,25H,9-10H2,1-2H3. The lowest BCUT2D eigenvalue weighted by atomic mass is 10.2. The molecule has 0 heterocycles. The molecular formula is C18H17F6NO4S. The molecule has 0 aliphatic heterocycles. The number of hydrogen-bond donors (Lipinski definition) is 1. The van der Waals surface area contributed by atoms with Crippen molar-refractivity contribution in [1.29, 1.82) is 0 Å². The summed E-state index contributed by atoms with van der Waals surface area (Å²) in [5.74, 6) is -1.05. The maximum atomic E-state index is 12.7. The lowest BCUT2D eigenvalue weighted by Gasteiger charge is -2.16. The highest BCUT2D eigenvalue weighted by Gasteiger charge is 2.30. The van der Waals surface area contributed by atoms with Crippen LogP contribution in [0.3, 0.4) is 0 Å². The Kier molecular flexibility index (Phi) is 6.80. The topological polar surface area (TPSA) is 64.6 Å². The highest BCUT2D eigenvalue weighted by molar-refractivity contribution is 7.92. The van der Waals surface area contributed by atoms with Crippen LogP contribution in [0.25, 0.3) is 0 Å². The molecule has 2 aromatic carbocycles. The molecule has 30 heavy (non-hydrogen) atoms. The number of hydrogen-bond acceptors (Lipinski definition) is 4. The van der Waals surface area contributed by atoms with Gasteiger partial charge in [0.2, 0.25) is 0 Å². The minimum atomic E-state index is -4.71. The number of ether oxygens (including phenoxy) is 2. The number of anilines is 1. The Morgan fingerprint density at radius 2 is 1.33 bits per heavy atom. The van der Waals surface area contributed by atoms with Crippen LogP contribution in [0.5, 0.6) is 11.5 Å². The van der Waals surface area contributed by atoms with Crippen molar-refractivity contribution in [1.82, 2.24) is 0 Å². The second-order valence-corrected chi connectivity index (χ2v) is 8.03. The van der Waals surface area contributed by atoms with E-state index >= 15 is 0 Å². The third-order valence-electron chi connectivity index (χ3n) is 3.57. The van der Waals surface area contributed by atoms with Gasteiger partial charge in [0.1, 0.15) is 11.5 Å². The molecule has 0 saturated carbocycles. The summed E-state index contributed by atoms with van der Waals surface area (Å²) in [5, 5.41) is 0. The second kappa shape index (κ2) is 8.62. The van der Waals surface area contributed by atoms with Gasteiger partial charge in [-0.25, -0.2) is 8.42 Å². The molecule has 0 radical (unpaired) electrons. The Hall–Kier alpha value is -2.63. The van der Waals surface area contributed by atoms with Gasteiger partial charge in [-0.3, -0.25) is 4.72 Å². The summed E-state index contributed by atoms with van der Waals surface area (Å²) in [4.78, 5) is -0.0955. The van der Waals surface area contributed by atoms with Crippen molar-refractivity contribution in [2.24, 2.45) is 0 Å². The van der Waals surface area contributed by atoms with Gasteiger partial charge in [-0.2, -0.15) is 26.3 Å². The van der Waals surface area contributed by atoms with E-state index in [0.29, 0.717) is 11.1 Å². The molecule has 0 saturated heterocycles. The summed E-state index contributed by atoms with van der Waals surface area (Å²) < 4.78 is 111. The Morgan fingerprint density at radius 3 is 1.80 bits per heavy atom. The molecule has 0 bridgehead atoms. The molecule has 166 valence electrons. The van der Waals surface area contributed by atoms with Crippen molar-refractivity contribution in [2.75, 3.05) is 17.9 Å². The fraction of sp³-hybridized carbons (Fsp3) is 0.333.